The van der Waals surface area contributed by atoms with E-state index in [1.54, 1.807) is 48.5 Å². The molecule has 4 rings (SSSR count). The van der Waals surface area contributed by atoms with Gasteiger partial charge in [0, 0.05) is 16.0 Å². The minimum Gasteiger partial charge on any atom is -0.393 e. The molecule has 0 saturated heterocycles. The molecule has 2 saturated carbocycles. The molecule has 5 N–H and O–H groups in total. The second-order valence-electron chi connectivity index (χ2n) is 7.13. The third-order valence-electron chi connectivity index (χ3n) is 6.08. The van der Waals surface area contributed by atoms with E-state index in [9.17, 15) is 25.5 Å². The highest BCUT2D eigenvalue weighted by Crippen LogP contribution is 2.74. The third kappa shape index (κ3) is 1.89. The highest BCUT2D eigenvalue weighted by atomic mass is 35.5. The Morgan fingerprint density at radius 3 is 1.73 bits per heavy atom. The molecule has 2 fully saturated rings. The van der Waals surface area contributed by atoms with Crippen LogP contribution in [0.15, 0.2) is 48.5 Å². The van der Waals surface area contributed by atoms with Crippen molar-refractivity contribution in [3.05, 3.63) is 69.7 Å². The van der Waals surface area contributed by atoms with Crippen LogP contribution in [0.4, 0.5) is 0 Å². The smallest absolute Gasteiger partial charge is 0.137 e. The molecule has 0 aliphatic heterocycles. The Kier molecular flexibility index (Phi) is 3.96. The highest BCUT2D eigenvalue weighted by molar-refractivity contribution is 6.30. The van der Waals surface area contributed by atoms with Gasteiger partial charge in [-0.15, -0.1) is 0 Å². The quantitative estimate of drug-likeness (QED) is 0.540. The number of halogens is 2. The Balaban J connectivity index is 1.79. The van der Waals surface area contributed by atoms with E-state index in [0.29, 0.717) is 21.2 Å². The lowest BCUT2D eigenvalue weighted by molar-refractivity contribution is -0.448. The van der Waals surface area contributed by atoms with Crippen LogP contribution in [0.5, 0.6) is 0 Å². The summed E-state index contributed by atoms with van der Waals surface area (Å²) in [5, 5.41) is 54.9. The maximum atomic E-state index is 11.2. The van der Waals surface area contributed by atoms with Gasteiger partial charge in [-0.1, -0.05) is 47.5 Å². The molecule has 138 valence electrons. The van der Waals surface area contributed by atoms with Crippen LogP contribution in [0.2, 0.25) is 10.0 Å². The molecule has 0 heterocycles. The Morgan fingerprint density at radius 2 is 1.27 bits per heavy atom. The van der Waals surface area contributed by atoms with E-state index in [2.05, 4.69) is 0 Å². The predicted octanol–water partition coefficient (Wildman–Crippen LogP) is 1.43. The lowest BCUT2D eigenvalue weighted by Crippen LogP contribution is -2.98. The first-order valence-electron chi connectivity index (χ1n) is 8.18. The zero-order valence-electron chi connectivity index (χ0n) is 13.5. The van der Waals surface area contributed by atoms with Crippen molar-refractivity contribution in [2.24, 2.45) is 0 Å². The first kappa shape index (κ1) is 18.2. The van der Waals surface area contributed by atoms with Crippen molar-refractivity contribution in [2.45, 2.75) is 34.7 Å². The van der Waals surface area contributed by atoms with Gasteiger partial charge >= 0.3 is 0 Å². The van der Waals surface area contributed by atoms with E-state index < -0.39 is 41.3 Å². The Hall–Kier alpha value is -1.18. The second kappa shape index (κ2) is 5.66. The molecule has 7 heteroatoms. The molecule has 2 aromatic carbocycles. The number of fused-ring (bicyclic) bond motifs is 1. The van der Waals surface area contributed by atoms with E-state index in [4.69, 9.17) is 23.2 Å². The third-order valence-corrected chi connectivity index (χ3v) is 6.58. The molecular weight excluding hydrogens is 379 g/mol. The molecule has 0 spiro atoms. The average Bonchev–Trinajstić information content (AvgIpc) is 2.64. The zero-order valence-corrected chi connectivity index (χ0v) is 15.1. The van der Waals surface area contributed by atoms with Crippen molar-refractivity contribution in [2.75, 3.05) is 6.61 Å². The van der Waals surface area contributed by atoms with Gasteiger partial charge in [-0.3, -0.25) is 0 Å². The van der Waals surface area contributed by atoms with Gasteiger partial charge < -0.3 is 25.5 Å². The number of benzene rings is 2. The van der Waals surface area contributed by atoms with Crippen LogP contribution in [-0.2, 0) is 0 Å². The van der Waals surface area contributed by atoms with Crippen LogP contribution in [0.25, 0.3) is 0 Å². The minimum absolute atomic E-state index is 0.465. The first-order chi connectivity index (χ1) is 12.2. The maximum absolute atomic E-state index is 11.2. The maximum Gasteiger partial charge on any atom is 0.137 e. The zero-order chi connectivity index (χ0) is 18.9. The van der Waals surface area contributed by atoms with Crippen molar-refractivity contribution < 1.29 is 25.5 Å². The van der Waals surface area contributed by atoms with E-state index in [1.807, 2.05) is 0 Å². The van der Waals surface area contributed by atoms with Gasteiger partial charge in [0.25, 0.3) is 0 Å². The van der Waals surface area contributed by atoms with Crippen LogP contribution in [-0.4, -0.2) is 55.0 Å². The van der Waals surface area contributed by atoms with Crippen molar-refractivity contribution in [1.82, 2.24) is 0 Å². The lowest BCUT2D eigenvalue weighted by Gasteiger charge is -2.79. The van der Waals surface area contributed by atoms with Gasteiger partial charge in [-0.05, 0) is 35.4 Å². The molecule has 0 bridgehead atoms. The fourth-order valence-electron chi connectivity index (χ4n) is 4.86. The number of aliphatic hydroxyl groups is 5. The second-order valence-corrected chi connectivity index (χ2v) is 8.01. The molecule has 0 amide bonds. The van der Waals surface area contributed by atoms with Gasteiger partial charge in [-0.25, -0.2) is 0 Å². The summed E-state index contributed by atoms with van der Waals surface area (Å²) in [5.41, 5.74) is -5.16. The summed E-state index contributed by atoms with van der Waals surface area (Å²) in [5.74, 6) is -2.04. The van der Waals surface area contributed by atoms with Crippen molar-refractivity contribution in [1.29, 1.82) is 0 Å². The summed E-state index contributed by atoms with van der Waals surface area (Å²) in [6, 6.07) is 12.8. The van der Waals surface area contributed by atoms with Crippen molar-refractivity contribution >= 4 is 23.2 Å². The number of hydrogen-bond acceptors (Lipinski definition) is 5. The van der Waals surface area contributed by atoms with Crippen LogP contribution >= 0.6 is 23.2 Å². The molecule has 0 aromatic heterocycles. The SMILES string of the molecule is OC[C@]1(O)C(c2ccc(Cl)cc2)[C@]2(O)C(O)C(c3ccc(Cl)cc3)[C@@]21O. The van der Waals surface area contributed by atoms with Crippen molar-refractivity contribution in [3.63, 3.8) is 0 Å². The summed E-state index contributed by atoms with van der Waals surface area (Å²) in [6.45, 7) is -0.782. The number of rotatable bonds is 3. The first-order valence-corrected chi connectivity index (χ1v) is 8.94. The Morgan fingerprint density at radius 1 is 0.808 bits per heavy atom. The molecule has 2 aliphatic rings. The topological polar surface area (TPSA) is 101 Å². The summed E-state index contributed by atoms with van der Waals surface area (Å²) in [6.07, 6.45) is -1.33. The van der Waals surface area contributed by atoms with Gasteiger partial charge in [0.15, 0.2) is 0 Å². The Bertz CT molecular complexity index is 830. The molecular formula is C19H18Cl2O5. The van der Waals surface area contributed by atoms with E-state index in [1.165, 1.54) is 0 Å². The Labute approximate surface area is 160 Å². The highest BCUT2D eigenvalue weighted by Gasteiger charge is 2.92. The predicted molar refractivity (Wildman–Crippen MR) is 96.3 cm³/mol. The molecule has 2 aromatic rings. The van der Waals surface area contributed by atoms with Gasteiger partial charge in [0.05, 0.1) is 18.6 Å². The fourth-order valence-corrected chi connectivity index (χ4v) is 5.12. The number of aliphatic hydroxyl groups excluding tert-OH is 2. The molecule has 26 heavy (non-hydrogen) atoms. The van der Waals surface area contributed by atoms with E-state index in [-0.39, 0.29) is 0 Å². The van der Waals surface area contributed by atoms with E-state index in [0.717, 1.165) is 0 Å². The minimum atomic E-state index is -2.10. The summed E-state index contributed by atoms with van der Waals surface area (Å²) < 4.78 is 0. The average molecular weight is 397 g/mol. The van der Waals surface area contributed by atoms with Crippen LogP contribution in [0.3, 0.4) is 0 Å². The van der Waals surface area contributed by atoms with Crippen molar-refractivity contribution in [3.8, 4) is 0 Å². The molecule has 0 radical (unpaired) electrons. The molecule has 2 aliphatic carbocycles. The van der Waals surface area contributed by atoms with Gasteiger partial charge in [0.1, 0.15) is 16.8 Å². The fraction of sp³-hybridized carbons (Fsp3) is 0.368. The van der Waals surface area contributed by atoms with E-state index >= 15 is 0 Å². The summed E-state index contributed by atoms with van der Waals surface area (Å²) >= 11 is 11.8. The monoisotopic (exact) mass is 396 g/mol. The molecule has 3 unspecified atom stereocenters. The van der Waals surface area contributed by atoms with Crippen LogP contribution in [0, 0.1) is 0 Å². The molecule has 6 atom stereocenters. The van der Waals surface area contributed by atoms with Gasteiger partial charge in [0.2, 0.25) is 0 Å². The lowest BCUT2D eigenvalue weighted by atomic mass is 9.31. The largest absolute Gasteiger partial charge is 0.393 e. The van der Waals surface area contributed by atoms with Gasteiger partial charge in [-0.2, -0.15) is 0 Å². The molecule has 5 nitrogen and oxygen atoms in total. The van der Waals surface area contributed by atoms with Crippen LogP contribution in [0.1, 0.15) is 23.0 Å². The number of hydrogen-bond donors (Lipinski definition) is 5. The van der Waals surface area contributed by atoms with Crippen LogP contribution < -0.4 is 0 Å². The summed E-state index contributed by atoms with van der Waals surface area (Å²) in [7, 11) is 0. The summed E-state index contributed by atoms with van der Waals surface area (Å²) in [4.78, 5) is 0. The standard InChI is InChI=1S/C19H18Cl2O5/c20-12-5-1-10(2-6-12)14-16(23)18(25)15(11-3-7-13(21)8-4-11)17(24,9-22)19(14,18)26/h1-8,14-16,22-26H,9H2/t14?,15?,16?,17-,18-,19-/m0/s1. The normalized spacial score (nSPS) is 41.1.